The maximum atomic E-state index is 11.6. The van der Waals surface area contributed by atoms with Gasteiger partial charge in [-0.1, -0.05) is 27.7 Å². The lowest BCUT2D eigenvalue weighted by Crippen LogP contribution is -2.23. The third-order valence-corrected chi connectivity index (χ3v) is 3.08. The van der Waals surface area contributed by atoms with Crippen LogP contribution in [0.3, 0.4) is 0 Å². The number of hydrogen-bond acceptors (Lipinski definition) is 3. The number of ether oxygens (including phenoxy) is 1. The number of carbonyl (C=O) groups is 1. The molecular weight excluding hydrogens is 202 g/mol. The zero-order chi connectivity index (χ0) is 12.8. The van der Waals surface area contributed by atoms with Crippen molar-refractivity contribution in [2.24, 2.45) is 17.1 Å². The van der Waals surface area contributed by atoms with Crippen LogP contribution < -0.4 is 5.73 Å². The zero-order valence-electron chi connectivity index (χ0n) is 11.4. The van der Waals surface area contributed by atoms with Crippen molar-refractivity contribution < 1.29 is 9.53 Å². The van der Waals surface area contributed by atoms with Gasteiger partial charge in [0.15, 0.2) is 0 Å². The molecular formula is C13H27NO2. The molecule has 0 heterocycles. The fourth-order valence-corrected chi connectivity index (χ4v) is 1.36. The Morgan fingerprint density at radius 3 is 2.25 bits per heavy atom. The lowest BCUT2D eigenvalue weighted by atomic mass is 9.84. The maximum Gasteiger partial charge on any atom is 0.306 e. The van der Waals surface area contributed by atoms with E-state index in [1.54, 1.807) is 0 Å². The summed E-state index contributed by atoms with van der Waals surface area (Å²) in [4.78, 5) is 11.6. The highest BCUT2D eigenvalue weighted by atomic mass is 16.5. The summed E-state index contributed by atoms with van der Waals surface area (Å²) in [6.45, 7) is 11.0. The molecule has 3 nitrogen and oxygen atoms in total. The molecule has 1 unspecified atom stereocenters. The molecule has 0 aromatic carbocycles. The summed E-state index contributed by atoms with van der Waals surface area (Å²) in [6.07, 6.45) is 2.28. The van der Waals surface area contributed by atoms with Crippen LogP contribution in [0.5, 0.6) is 0 Å². The third kappa shape index (κ3) is 6.83. The van der Waals surface area contributed by atoms with Crippen LogP contribution in [0.1, 0.15) is 53.9 Å². The normalized spacial score (nSPS) is 13.9. The Morgan fingerprint density at radius 2 is 1.81 bits per heavy atom. The summed E-state index contributed by atoms with van der Waals surface area (Å²) in [5.74, 6) is 0.285. The Labute approximate surface area is 99.7 Å². The van der Waals surface area contributed by atoms with E-state index < -0.39 is 0 Å². The molecule has 0 amide bonds. The number of nitrogens with two attached hydrogens (primary N) is 1. The number of esters is 1. The highest BCUT2D eigenvalue weighted by Gasteiger charge is 2.20. The summed E-state index contributed by atoms with van der Waals surface area (Å²) in [7, 11) is 0. The fraction of sp³-hybridized carbons (Fsp3) is 0.923. The first-order chi connectivity index (χ1) is 7.28. The fourth-order valence-electron chi connectivity index (χ4n) is 1.36. The van der Waals surface area contributed by atoms with Gasteiger partial charge in [0.05, 0.1) is 0 Å². The Morgan fingerprint density at radius 1 is 1.25 bits per heavy atom. The van der Waals surface area contributed by atoms with Crippen molar-refractivity contribution in [1.82, 2.24) is 0 Å². The van der Waals surface area contributed by atoms with Gasteiger partial charge in [0.25, 0.3) is 0 Å². The molecule has 0 aromatic rings. The van der Waals surface area contributed by atoms with Crippen LogP contribution in [-0.2, 0) is 9.53 Å². The lowest BCUT2D eigenvalue weighted by Gasteiger charge is -2.24. The standard InChI is InChI=1S/C13H27NO2/c1-10(2)11(3)16-12(15)6-7-13(4,5)8-9-14/h10-11H,6-9,14H2,1-5H3. The smallest absolute Gasteiger partial charge is 0.306 e. The van der Waals surface area contributed by atoms with Gasteiger partial charge in [-0.05, 0) is 37.6 Å². The molecule has 3 heteroatoms. The van der Waals surface area contributed by atoms with E-state index in [1.807, 2.05) is 6.92 Å². The predicted molar refractivity (Wildman–Crippen MR) is 67.1 cm³/mol. The van der Waals surface area contributed by atoms with E-state index in [2.05, 4.69) is 27.7 Å². The van der Waals surface area contributed by atoms with E-state index >= 15 is 0 Å². The maximum absolute atomic E-state index is 11.6. The Kier molecular flexibility index (Phi) is 6.65. The van der Waals surface area contributed by atoms with Crippen molar-refractivity contribution in [2.75, 3.05) is 6.54 Å². The number of hydrogen-bond donors (Lipinski definition) is 1. The Bertz CT molecular complexity index is 212. The SMILES string of the molecule is CC(C)C(C)OC(=O)CCC(C)(C)CCN. The minimum absolute atomic E-state index is 0.00474. The topological polar surface area (TPSA) is 52.3 Å². The van der Waals surface area contributed by atoms with E-state index in [1.165, 1.54) is 0 Å². The molecule has 1 atom stereocenters. The van der Waals surface area contributed by atoms with Gasteiger partial charge in [-0.25, -0.2) is 0 Å². The molecule has 0 fully saturated rings. The van der Waals surface area contributed by atoms with Crippen molar-refractivity contribution in [1.29, 1.82) is 0 Å². The average molecular weight is 229 g/mol. The minimum Gasteiger partial charge on any atom is -0.462 e. The number of carbonyl (C=O) groups excluding carboxylic acids is 1. The largest absolute Gasteiger partial charge is 0.462 e. The van der Waals surface area contributed by atoms with E-state index in [0.29, 0.717) is 18.9 Å². The van der Waals surface area contributed by atoms with Gasteiger partial charge in [-0.15, -0.1) is 0 Å². The van der Waals surface area contributed by atoms with Crippen molar-refractivity contribution in [3.63, 3.8) is 0 Å². The highest BCUT2D eigenvalue weighted by Crippen LogP contribution is 2.26. The quantitative estimate of drug-likeness (QED) is 0.683. The molecule has 0 spiro atoms. The van der Waals surface area contributed by atoms with Gasteiger partial charge in [0, 0.05) is 6.42 Å². The molecule has 0 aliphatic heterocycles. The molecule has 0 saturated heterocycles. The molecule has 16 heavy (non-hydrogen) atoms. The second-order valence-electron chi connectivity index (χ2n) is 5.64. The first-order valence-electron chi connectivity index (χ1n) is 6.18. The molecule has 0 saturated carbocycles. The Balaban J connectivity index is 3.89. The van der Waals surface area contributed by atoms with Crippen LogP contribution in [0.15, 0.2) is 0 Å². The molecule has 96 valence electrons. The summed E-state index contributed by atoms with van der Waals surface area (Å²) in [6, 6.07) is 0. The van der Waals surface area contributed by atoms with Gasteiger partial charge in [0.1, 0.15) is 6.10 Å². The zero-order valence-corrected chi connectivity index (χ0v) is 11.4. The summed E-state index contributed by atoms with van der Waals surface area (Å²) in [5.41, 5.74) is 5.66. The summed E-state index contributed by atoms with van der Waals surface area (Å²) >= 11 is 0. The minimum atomic E-state index is -0.0914. The van der Waals surface area contributed by atoms with Crippen LogP contribution >= 0.6 is 0 Å². The van der Waals surface area contributed by atoms with E-state index in [-0.39, 0.29) is 17.5 Å². The molecule has 0 aromatic heterocycles. The number of rotatable bonds is 7. The van der Waals surface area contributed by atoms with Crippen LogP contribution in [0.4, 0.5) is 0 Å². The van der Waals surface area contributed by atoms with Gasteiger partial charge < -0.3 is 10.5 Å². The van der Waals surface area contributed by atoms with Gasteiger partial charge in [-0.3, -0.25) is 4.79 Å². The first-order valence-corrected chi connectivity index (χ1v) is 6.18. The third-order valence-electron chi connectivity index (χ3n) is 3.08. The molecule has 0 aliphatic rings. The summed E-state index contributed by atoms with van der Waals surface area (Å²) < 4.78 is 5.32. The van der Waals surface area contributed by atoms with Crippen LogP contribution in [0, 0.1) is 11.3 Å². The van der Waals surface area contributed by atoms with Gasteiger partial charge in [0.2, 0.25) is 0 Å². The van der Waals surface area contributed by atoms with Gasteiger partial charge >= 0.3 is 5.97 Å². The van der Waals surface area contributed by atoms with Crippen LogP contribution in [-0.4, -0.2) is 18.6 Å². The average Bonchev–Trinajstić information content (AvgIpc) is 2.14. The monoisotopic (exact) mass is 229 g/mol. The van der Waals surface area contributed by atoms with Gasteiger partial charge in [-0.2, -0.15) is 0 Å². The Hall–Kier alpha value is -0.570. The summed E-state index contributed by atoms with van der Waals surface area (Å²) in [5, 5.41) is 0. The predicted octanol–water partition coefficient (Wildman–Crippen LogP) is 2.73. The van der Waals surface area contributed by atoms with Crippen molar-refractivity contribution >= 4 is 5.97 Å². The highest BCUT2D eigenvalue weighted by molar-refractivity contribution is 5.69. The molecule has 2 N–H and O–H groups in total. The molecule has 0 rings (SSSR count). The van der Waals surface area contributed by atoms with Crippen molar-refractivity contribution in [3.05, 3.63) is 0 Å². The molecule has 0 radical (unpaired) electrons. The van der Waals surface area contributed by atoms with Crippen molar-refractivity contribution in [2.45, 2.75) is 60.0 Å². The van der Waals surface area contributed by atoms with E-state index in [4.69, 9.17) is 10.5 Å². The molecule has 0 aliphatic carbocycles. The van der Waals surface area contributed by atoms with E-state index in [0.717, 1.165) is 12.8 Å². The van der Waals surface area contributed by atoms with Crippen LogP contribution in [0.25, 0.3) is 0 Å². The molecule has 0 bridgehead atoms. The van der Waals surface area contributed by atoms with Crippen LogP contribution in [0.2, 0.25) is 0 Å². The van der Waals surface area contributed by atoms with Crippen molar-refractivity contribution in [3.8, 4) is 0 Å². The second-order valence-corrected chi connectivity index (χ2v) is 5.64. The first kappa shape index (κ1) is 15.4. The van der Waals surface area contributed by atoms with E-state index in [9.17, 15) is 4.79 Å². The lowest BCUT2D eigenvalue weighted by molar-refractivity contribution is -0.150. The second kappa shape index (κ2) is 6.89.